The number of hydrogen-bond donors (Lipinski definition) is 1. The zero-order chi connectivity index (χ0) is 16.9. The highest BCUT2D eigenvalue weighted by Gasteiger charge is 2.13. The summed E-state index contributed by atoms with van der Waals surface area (Å²) in [5.74, 6) is 1.27. The second kappa shape index (κ2) is 7.55. The number of ether oxygens (including phenoxy) is 1. The predicted octanol–water partition coefficient (Wildman–Crippen LogP) is 3.40. The van der Waals surface area contributed by atoms with Gasteiger partial charge in [-0.15, -0.1) is 0 Å². The van der Waals surface area contributed by atoms with Crippen molar-refractivity contribution in [3.8, 4) is 0 Å². The van der Waals surface area contributed by atoms with Gasteiger partial charge in [0.25, 0.3) is 11.1 Å². The summed E-state index contributed by atoms with van der Waals surface area (Å²) >= 11 is 1.43. The van der Waals surface area contributed by atoms with Crippen LogP contribution in [0.1, 0.15) is 21.9 Å². The van der Waals surface area contributed by atoms with Crippen LogP contribution >= 0.6 is 11.8 Å². The summed E-state index contributed by atoms with van der Waals surface area (Å²) in [6.45, 7) is 2.91. The lowest BCUT2D eigenvalue weighted by atomic mass is 10.2. The Morgan fingerprint density at radius 2 is 2.17 bits per heavy atom. The molecule has 6 nitrogen and oxygen atoms in total. The molecule has 2 heterocycles. The Morgan fingerprint density at radius 3 is 2.96 bits per heavy atom. The van der Waals surface area contributed by atoms with Crippen LogP contribution in [0.5, 0.6) is 0 Å². The molecular formula is C17H18N2O4S. The summed E-state index contributed by atoms with van der Waals surface area (Å²) < 4.78 is 16.1. The van der Waals surface area contributed by atoms with E-state index in [0.29, 0.717) is 29.9 Å². The lowest BCUT2D eigenvalue weighted by Gasteiger charge is -2.01. The molecule has 0 spiro atoms. The first-order chi connectivity index (χ1) is 11.7. The van der Waals surface area contributed by atoms with E-state index in [1.165, 1.54) is 11.8 Å². The Morgan fingerprint density at radius 1 is 1.29 bits per heavy atom. The Hall–Kier alpha value is -2.25. The number of nitrogens with zero attached hydrogens (tertiary/aromatic N) is 1. The number of para-hydroxylation sites is 1. The van der Waals surface area contributed by atoms with Gasteiger partial charge in [-0.1, -0.05) is 23.9 Å². The van der Waals surface area contributed by atoms with E-state index in [1.54, 1.807) is 19.2 Å². The van der Waals surface area contributed by atoms with Gasteiger partial charge in [0.05, 0.1) is 12.4 Å². The van der Waals surface area contributed by atoms with Crippen LogP contribution in [0.3, 0.4) is 0 Å². The number of oxazole rings is 1. The third kappa shape index (κ3) is 3.80. The molecule has 3 rings (SSSR count). The average molecular weight is 346 g/mol. The highest BCUT2D eigenvalue weighted by Crippen LogP contribution is 2.28. The van der Waals surface area contributed by atoms with E-state index >= 15 is 0 Å². The van der Waals surface area contributed by atoms with Gasteiger partial charge in [0.15, 0.2) is 11.3 Å². The standard InChI is InChI=1S/C17H18N2O4S/c1-11-4-3-5-13-15(11)19-17(23-13)24-10-12-6-7-14(22-12)16(20)18-8-9-21-2/h3-7H,8-10H2,1-2H3,(H,18,20). The van der Waals surface area contributed by atoms with Gasteiger partial charge in [0, 0.05) is 13.7 Å². The van der Waals surface area contributed by atoms with Crippen LogP contribution < -0.4 is 5.32 Å². The highest BCUT2D eigenvalue weighted by atomic mass is 32.2. The molecule has 1 aromatic carbocycles. The smallest absolute Gasteiger partial charge is 0.287 e. The van der Waals surface area contributed by atoms with Crippen molar-refractivity contribution >= 4 is 28.8 Å². The SMILES string of the molecule is COCCNC(=O)c1ccc(CSc2nc3c(C)cccc3o2)o1. The van der Waals surface area contributed by atoms with Gasteiger partial charge in [-0.2, -0.15) is 0 Å². The zero-order valence-corrected chi connectivity index (χ0v) is 14.3. The van der Waals surface area contributed by atoms with Gasteiger partial charge in [0.2, 0.25) is 0 Å². The molecule has 0 saturated carbocycles. The Kier molecular flexibility index (Phi) is 5.22. The molecule has 0 radical (unpaired) electrons. The molecule has 0 aliphatic carbocycles. The quantitative estimate of drug-likeness (QED) is 0.522. The van der Waals surface area contributed by atoms with Gasteiger partial charge in [0.1, 0.15) is 11.3 Å². The number of fused-ring (bicyclic) bond motifs is 1. The minimum atomic E-state index is -0.249. The topological polar surface area (TPSA) is 77.5 Å². The molecule has 0 saturated heterocycles. The fraction of sp³-hybridized carbons (Fsp3) is 0.294. The third-order valence-electron chi connectivity index (χ3n) is 3.42. The van der Waals surface area contributed by atoms with Crippen LogP contribution in [-0.4, -0.2) is 31.2 Å². The van der Waals surface area contributed by atoms with E-state index in [4.69, 9.17) is 13.6 Å². The van der Waals surface area contributed by atoms with Crippen molar-refractivity contribution in [3.63, 3.8) is 0 Å². The van der Waals surface area contributed by atoms with Crippen LogP contribution in [0, 0.1) is 6.92 Å². The minimum Gasteiger partial charge on any atom is -0.455 e. The molecule has 0 aliphatic rings. The van der Waals surface area contributed by atoms with Crippen molar-refractivity contribution in [2.45, 2.75) is 17.9 Å². The Labute approximate surface area is 143 Å². The molecule has 126 valence electrons. The molecule has 0 aliphatic heterocycles. The number of carbonyl (C=O) groups is 1. The second-order valence-electron chi connectivity index (χ2n) is 5.20. The van der Waals surface area contributed by atoms with Crippen LogP contribution in [0.25, 0.3) is 11.1 Å². The maximum absolute atomic E-state index is 11.9. The van der Waals surface area contributed by atoms with Crippen molar-refractivity contribution in [2.24, 2.45) is 0 Å². The largest absolute Gasteiger partial charge is 0.455 e. The van der Waals surface area contributed by atoms with E-state index in [1.807, 2.05) is 25.1 Å². The first-order valence-corrected chi connectivity index (χ1v) is 8.50. The number of furan rings is 1. The van der Waals surface area contributed by atoms with Crippen molar-refractivity contribution in [1.29, 1.82) is 0 Å². The molecule has 3 aromatic rings. The lowest BCUT2D eigenvalue weighted by molar-refractivity contribution is 0.0908. The normalized spacial score (nSPS) is 11.1. The number of nitrogens with one attached hydrogen (secondary N) is 1. The monoisotopic (exact) mass is 346 g/mol. The van der Waals surface area contributed by atoms with Gasteiger partial charge >= 0.3 is 0 Å². The lowest BCUT2D eigenvalue weighted by Crippen LogP contribution is -2.26. The van der Waals surface area contributed by atoms with E-state index in [2.05, 4.69) is 10.3 Å². The van der Waals surface area contributed by atoms with Gasteiger partial charge in [-0.05, 0) is 30.7 Å². The summed E-state index contributed by atoms with van der Waals surface area (Å²) in [7, 11) is 1.59. The number of thioether (sulfide) groups is 1. The van der Waals surface area contributed by atoms with Gasteiger partial charge in [-0.3, -0.25) is 4.79 Å². The number of aromatic nitrogens is 1. The fourth-order valence-electron chi connectivity index (χ4n) is 2.19. The first kappa shape index (κ1) is 16.6. The maximum Gasteiger partial charge on any atom is 0.287 e. The molecule has 0 atom stereocenters. The summed E-state index contributed by atoms with van der Waals surface area (Å²) in [4.78, 5) is 16.3. The predicted molar refractivity (Wildman–Crippen MR) is 91.2 cm³/mol. The molecule has 24 heavy (non-hydrogen) atoms. The number of benzene rings is 1. The van der Waals surface area contributed by atoms with Crippen molar-refractivity contribution in [2.75, 3.05) is 20.3 Å². The molecule has 0 fully saturated rings. The van der Waals surface area contributed by atoms with Gasteiger partial charge < -0.3 is 18.9 Å². The number of amides is 1. The van der Waals surface area contributed by atoms with Crippen LogP contribution in [0.15, 0.2) is 44.4 Å². The molecule has 1 amide bonds. The van der Waals surface area contributed by atoms with Crippen molar-refractivity contribution < 1.29 is 18.4 Å². The Balaban J connectivity index is 1.60. The highest BCUT2D eigenvalue weighted by molar-refractivity contribution is 7.98. The number of carbonyl (C=O) groups excluding carboxylic acids is 1. The van der Waals surface area contributed by atoms with E-state index < -0.39 is 0 Å². The summed E-state index contributed by atoms with van der Waals surface area (Å²) in [6, 6.07) is 9.29. The van der Waals surface area contributed by atoms with E-state index in [0.717, 1.165) is 16.7 Å². The van der Waals surface area contributed by atoms with Crippen LogP contribution in [-0.2, 0) is 10.5 Å². The Bertz CT molecular complexity index is 840. The summed E-state index contributed by atoms with van der Waals surface area (Å²) in [5.41, 5.74) is 2.73. The molecule has 2 aromatic heterocycles. The van der Waals surface area contributed by atoms with Gasteiger partial charge in [-0.25, -0.2) is 4.98 Å². The number of hydrogen-bond acceptors (Lipinski definition) is 6. The van der Waals surface area contributed by atoms with Crippen LogP contribution in [0.2, 0.25) is 0 Å². The molecule has 1 N–H and O–H groups in total. The number of rotatable bonds is 7. The minimum absolute atomic E-state index is 0.249. The third-order valence-corrected chi connectivity index (χ3v) is 4.27. The number of aryl methyl sites for hydroxylation is 1. The average Bonchev–Trinajstić information content (AvgIpc) is 3.20. The van der Waals surface area contributed by atoms with E-state index in [9.17, 15) is 4.79 Å². The first-order valence-electron chi connectivity index (χ1n) is 7.52. The van der Waals surface area contributed by atoms with Crippen molar-refractivity contribution in [3.05, 3.63) is 47.4 Å². The fourth-order valence-corrected chi connectivity index (χ4v) is 2.92. The number of methoxy groups -OCH3 is 1. The molecule has 0 unspecified atom stereocenters. The molecule has 7 heteroatoms. The zero-order valence-electron chi connectivity index (χ0n) is 13.5. The second-order valence-corrected chi connectivity index (χ2v) is 6.13. The van der Waals surface area contributed by atoms with E-state index in [-0.39, 0.29) is 11.7 Å². The summed E-state index contributed by atoms with van der Waals surface area (Å²) in [6.07, 6.45) is 0. The van der Waals surface area contributed by atoms with Crippen LogP contribution in [0.4, 0.5) is 0 Å². The molecule has 0 bridgehead atoms. The summed E-state index contributed by atoms with van der Waals surface area (Å²) in [5, 5.41) is 3.30. The molecular weight excluding hydrogens is 328 g/mol. The maximum atomic E-state index is 11.9. The van der Waals surface area contributed by atoms with Crippen molar-refractivity contribution in [1.82, 2.24) is 10.3 Å².